The van der Waals surface area contributed by atoms with Crippen molar-refractivity contribution < 1.29 is 23.9 Å². The summed E-state index contributed by atoms with van der Waals surface area (Å²) in [6.07, 6.45) is 4.53. The van der Waals surface area contributed by atoms with Gasteiger partial charge in [0.25, 0.3) is 12.2 Å². The van der Waals surface area contributed by atoms with E-state index in [9.17, 15) is 19.2 Å². The molecule has 1 aliphatic heterocycles. The molecular formula is C26H26N7O5S2. The third-order valence-electron chi connectivity index (χ3n) is 5.46. The molecule has 207 valence electrons. The number of urea groups is 1. The molecule has 40 heavy (non-hydrogen) atoms. The standard InChI is InChI=1S/C26H26N7O5S2/c1-16(2)11-21(29-26(37)38-13-17-7-9-27-10-8-17)23(35)30-31-25(36)33-32-22(15-40-33)18-3-5-19(6-4-18)24-28-20(12-34)14-39-24/h3-10,14-16,21,32H,11,13H2,1-2H3,(H,29,37)(H,30,35)(H,31,36)/t21-/m0/s1. The molecule has 1 radical (unpaired) electrons. The minimum Gasteiger partial charge on any atom is -0.445 e. The van der Waals surface area contributed by atoms with Gasteiger partial charge in [0, 0.05) is 46.3 Å². The lowest BCUT2D eigenvalue weighted by Crippen LogP contribution is -2.55. The van der Waals surface area contributed by atoms with Gasteiger partial charge in [-0.15, -0.1) is 11.3 Å². The maximum absolute atomic E-state index is 12.8. The van der Waals surface area contributed by atoms with Crippen LogP contribution < -0.4 is 21.6 Å². The van der Waals surface area contributed by atoms with Crippen molar-refractivity contribution in [3.05, 3.63) is 76.4 Å². The van der Waals surface area contributed by atoms with Crippen LogP contribution in [0.25, 0.3) is 16.3 Å². The van der Waals surface area contributed by atoms with Crippen molar-refractivity contribution in [1.29, 1.82) is 0 Å². The summed E-state index contributed by atoms with van der Waals surface area (Å²) in [4.78, 5) is 56.6. The Hall–Kier alpha value is -4.43. The smallest absolute Gasteiger partial charge is 0.408 e. The van der Waals surface area contributed by atoms with E-state index < -0.39 is 24.1 Å². The Morgan fingerprint density at radius 3 is 2.48 bits per heavy atom. The average Bonchev–Trinajstić information content (AvgIpc) is 3.65. The molecule has 12 nitrogen and oxygen atoms in total. The summed E-state index contributed by atoms with van der Waals surface area (Å²) in [7, 11) is 0. The predicted octanol–water partition coefficient (Wildman–Crippen LogP) is 3.51. The van der Waals surface area contributed by atoms with Crippen molar-refractivity contribution in [2.45, 2.75) is 32.9 Å². The number of benzene rings is 1. The number of nitrogens with zero attached hydrogens (tertiary/aromatic N) is 3. The Kier molecular flexibility index (Phi) is 9.70. The lowest BCUT2D eigenvalue weighted by Gasteiger charge is -2.22. The zero-order valence-corrected chi connectivity index (χ0v) is 23.2. The third-order valence-corrected chi connectivity index (χ3v) is 7.16. The fraction of sp³-hybridized carbons (Fsp3) is 0.231. The van der Waals surface area contributed by atoms with Gasteiger partial charge in [-0.25, -0.2) is 20.0 Å². The van der Waals surface area contributed by atoms with Gasteiger partial charge in [-0.1, -0.05) is 38.1 Å². The third kappa shape index (κ3) is 7.80. The van der Waals surface area contributed by atoms with Crippen LogP contribution in [-0.4, -0.2) is 44.7 Å². The van der Waals surface area contributed by atoms with Crippen molar-refractivity contribution in [1.82, 2.24) is 36.0 Å². The number of hydrogen-bond donors (Lipinski definition) is 4. The van der Waals surface area contributed by atoms with Crippen molar-refractivity contribution in [2.24, 2.45) is 5.92 Å². The van der Waals surface area contributed by atoms with Gasteiger partial charge in [-0.3, -0.25) is 25.4 Å². The summed E-state index contributed by atoms with van der Waals surface area (Å²) >= 11 is 2.45. The highest BCUT2D eigenvalue weighted by Crippen LogP contribution is 2.29. The van der Waals surface area contributed by atoms with Crippen LogP contribution in [0.1, 0.15) is 37.1 Å². The fourth-order valence-electron chi connectivity index (χ4n) is 3.51. The molecule has 14 heteroatoms. The number of hydrazine groups is 2. The summed E-state index contributed by atoms with van der Waals surface area (Å²) in [6, 6.07) is 9.34. The number of alkyl carbamates (subject to hydrolysis) is 1. The highest BCUT2D eigenvalue weighted by atomic mass is 32.2. The van der Waals surface area contributed by atoms with Gasteiger partial charge >= 0.3 is 12.1 Å². The van der Waals surface area contributed by atoms with Gasteiger partial charge in [0.15, 0.2) is 0 Å². The van der Waals surface area contributed by atoms with E-state index in [1.807, 2.05) is 38.1 Å². The average molecular weight is 581 g/mol. The van der Waals surface area contributed by atoms with Gasteiger partial charge in [0.2, 0.25) is 0 Å². The molecule has 4 N–H and O–H groups in total. The van der Waals surface area contributed by atoms with Crippen LogP contribution in [0.15, 0.2) is 59.6 Å². The van der Waals surface area contributed by atoms with E-state index in [4.69, 9.17) is 4.74 Å². The molecule has 0 bridgehead atoms. The number of rotatable bonds is 9. The Labute approximate surface area is 238 Å². The van der Waals surface area contributed by atoms with Crippen LogP contribution in [0.2, 0.25) is 0 Å². The van der Waals surface area contributed by atoms with Gasteiger partial charge < -0.3 is 10.1 Å². The van der Waals surface area contributed by atoms with Crippen LogP contribution in [0.5, 0.6) is 0 Å². The number of ether oxygens (including phenoxy) is 1. The van der Waals surface area contributed by atoms with Crippen LogP contribution in [-0.2, 0) is 20.9 Å². The summed E-state index contributed by atoms with van der Waals surface area (Å²) < 4.78 is 6.41. The van der Waals surface area contributed by atoms with E-state index in [-0.39, 0.29) is 18.2 Å². The lowest BCUT2D eigenvalue weighted by atomic mass is 10.0. The first-order valence-corrected chi connectivity index (χ1v) is 13.8. The fourth-order valence-corrected chi connectivity index (χ4v) is 4.95. The number of carbonyl (C=O) groups is 3. The van der Waals surface area contributed by atoms with E-state index in [1.165, 1.54) is 15.8 Å². The molecule has 2 aromatic heterocycles. The van der Waals surface area contributed by atoms with E-state index in [2.05, 4.69) is 31.6 Å². The monoisotopic (exact) mass is 580 g/mol. The quantitative estimate of drug-likeness (QED) is 0.220. The van der Waals surface area contributed by atoms with E-state index in [1.54, 1.807) is 41.6 Å². The zero-order chi connectivity index (χ0) is 28.5. The number of hydrogen-bond acceptors (Lipinski definition) is 10. The lowest BCUT2D eigenvalue weighted by molar-refractivity contribution is -0.124. The first-order valence-electron chi connectivity index (χ1n) is 12.1. The SMILES string of the molecule is CC(C)C[C@H](NC(=O)OCc1ccncc1)C(=O)NNC(=O)N1NC(c2ccc(-c3nc([C]=O)cs3)cc2)=CS1. The molecule has 0 saturated carbocycles. The van der Waals surface area contributed by atoms with Gasteiger partial charge in [0.05, 0.1) is 5.70 Å². The number of amides is 4. The van der Waals surface area contributed by atoms with Crippen molar-refractivity contribution >= 4 is 53.3 Å². The Morgan fingerprint density at radius 2 is 1.80 bits per heavy atom. The summed E-state index contributed by atoms with van der Waals surface area (Å²) in [5.41, 5.74) is 11.1. The Balaban J connectivity index is 1.25. The molecule has 0 aliphatic carbocycles. The maximum atomic E-state index is 12.8. The number of carbonyl (C=O) groups excluding carboxylic acids is 4. The maximum Gasteiger partial charge on any atom is 0.408 e. The minimum atomic E-state index is -0.921. The molecular weight excluding hydrogens is 554 g/mol. The largest absolute Gasteiger partial charge is 0.445 e. The van der Waals surface area contributed by atoms with Crippen LogP contribution in [0.4, 0.5) is 9.59 Å². The second kappa shape index (κ2) is 13.6. The highest BCUT2D eigenvalue weighted by Gasteiger charge is 2.26. The van der Waals surface area contributed by atoms with Crippen molar-refractivity contribution in [2.75, 3.05) is 0 Å². The molecule has 3 aromatic rings. The molecule has 0 unspecified atom stereocenters. The normalized spacial score (nSPS) is 13.2. The number of nitrogens with one attached hydrogen (secondary N) is 4. The second-order valence-electron chi connectivity index (χ2n) is 8.94. The number of thiazole rings is 1. The molecule has 0 fully saturated rings. The summed E-state index contributed by atoms with van der Waals surface area (Å²) in [5.74, 6) is -0.504. The number of aromatic nitrogens is 2. The van der Waals surface area contributed by atoms with Crippen LogP contribution >= 0.6 is 23.3 Å². The molecule has 1 atom stereocenters. The molecule has 4 rings (SSSR count). The van der Waals surface area contributed by atoms with Crippen LogP contribution in [0.3, 0.4) is 0 Å². The predicted molar refractivity (Wildman–Crippen MR) is 150 cm³/mol. The molecule has 0 spiro atoms. The molecule has 1 aromatic carbocycles. The highest BCUT2D eigenvalue weighted by molar-refractivity contribution is 8.00. The molecule has 3 heterocycles. The van der Waals surface area contributed by atoms with Gasteiger partial charge in [-0.05, 0) is 30.0 Å². The summed E-state index contributed by atoms with van der Waals surface area (Å²) in [5, 5.41) is 6.65. The topological polar surface area (TPSA) is 155 Å². The van der Waals surface area contributed by atoms with Crippen molar-refractivity contribution in [3.8, 4) is 10.6 Å². The van der Waals surface area contributed by atoms with E-state index in [0.717, 1.165) is 28.6 Å². The first kappa shape index (κ1) is 28.6. The van der Waals surface area contributed by atoms with Gasteiger partial charge in [-0.2, -0.15) is 4.41 Å². The Bertz CT molecular complexity index is 1380. The van der Waals surface area contributed by atoms with Gasteiger partial charge in [0.1, 0.15) is 23.4 Å². The molecule has 0 saturated heterocycles. The minimum absolute atomic E-state index is 0.0295. The molecule has 4 amide bonds. The molecule has 1 aliphatic rings. The number of pyridine rings is 1. The van der Waals surface area contributed by atoms with Crippen LogP contribution in [0, 0.1) is 5.92 Å². The summed E-state index contributed by atoms with van der Waals surface area (Å²) in [6.45, 7) is 3.85. The second-order valence-corrected chi connectivity index (χ2v) is 10.6. The van der Waals surface area contributed by atoms with E-state index >= 15 is 0 Å². The zero-order valence-electron chi connectivity index (χ0n) is 21.5. The van der Waals surface area contributed by atoms with Crippen molar-refractivity contribution in [3.63, 3.8) is 0 Å². The Morgan fingerprint density at radius 1 is 1.07 bits per heavy atom. The first-order chi connectivity index (χ1) is 19.3. The van der Waals surface area contributed by atoms with E-state index in [0.29, 0.717) is 17.1 Å².